The fourth-order valence-corrected chi connectivity index (χ4v) is 3.18. The first kappa shape index (κ1) is 19.4. The summed E-state index contributed by atoms with van der Waals surface area (Å²) in [6, 6.07) is 13.5. The van der Waals surface area contributed by atoms with Crippen molar-refractivity contribution in [3.8, 4) is 5.75 Å². The molecule has 1 aliphatic rings. The second kappa shape index (κ2) is 8.56. The number of nitrogens with zero attached hydrogens (tertiary/aromatic N) is 1. The first-order chi connectivity index (χ1) is 13.5. The summed E-state index contributed by atoms with van der Waals surface area (Å²) in [5.74, 6) is -0.982. The van der Waals surface area contributed by atoms with Crippen LogP contribution in [0.2, 0.25) is 0 Å². The quantitative estimate of drug-likeness (QED) is 0.829. The molecule has 7 heteroatoms. The monoisotopic (exact) mass is 382 g/mol. The Morgan fingerprint density at radius 1 is 1.04 bits per heavy atom. The van der Waals surface area contributed by atoms with Gasteiger partial charge in [0, 0.05) is 29.9 Å². The van der Waals surface area contributed by atoms with E-state index in [4.69, 9.17) is 9.84 Å². The lowest BCUT2D eigenvalue weighted by Crippen LogP contribution is -2.40. The maximum atomic E-state index is 12.6. The van der Waals surface area contributed by atoms with Gasteiger partial charge in [0.2, 0.25) is 0 Å². The number of carbonyl (C=O) groups excluding carboxylic acids is 2. The van der Waals surface area contributed by atoms with E-state index in [9.17, 15) is 14.4 Å². The number of methoxy groups -OCH3 is 1. The molecule has 2 amide bonds. The summed E-state index contributed by atoms with van der Waals surface area (Å²) in [4.78, 5) is 37.6. The number of rotatable bonds is 5. The highest BCUT2D eigenvalue weighted by molar-refractivity contribution is 6.04. The van der Waals surface area contributed by atoms with E-state index in [1.54, 1.807) is 53.4 Å². The van der Waals surface area contributed by atoms with Gasteiger partial charge in [0.1, 0.15) is 5.75 Å². The van der Waals surface area contributed by atoms with Gasteiger partial charge in [-0.2, -0.15) is 0 Å². The molecule has 0 bridgehead atoms. The molecule has 1 fully saturated rings. The van der Waals surface area contributed by atoms with E-state index in [0.29, 0.717) is 48.5 Å². The van der Waals surface area contributed by atoms with Gasteiger partial charge in [-0.1, -0.05) is 6.07 Å². The van der Waals surface area contributed by atoms with Crippen LogP contribution in [0.25, 0.3) is 0 Å². The van der Waals surface area contributed by atoms with E-state index >= 15 is 0 Å². The highest BCUT2D eigenvalue weighted by atomic mass is 16.5. The minimum Gasteiger partial charge on any atom is -0.497 e. The molecule has 2 aromatic carbocycles. The van der Waals surface area contributed by atoms with Gasteiger partial charge in [-0.05, 0) is 55.3 Å². The third-order valence-corrected chi connectivity index (χ3v) is 4.85. The molecular weight excluding hydrogens is 360 g/mol. The van der Waals surface area contributed by atoms with Gasteiger partial charge in [-0.25, -0.2) is 0 Å². The number of nitrogens with one attached hydrogen (secondary N) is 1. The van der Waals surface area contributed by atoms with Crippen LogP contribution >= 0.6 is 0 Å². The Morgan fingerprint density at radius 3 is 2.32 bits per heavy atom. The van der Waals surface area contributed by atoms with Gasteiger partial charge in [0.05, 0.1) is 13.0 Å². The number of piperidine rings is 1. The van der Waals surface area contributed by atoms with Crippen molar-refractivity contribution in [2.45, 2.75) is 12.8 Å². The first-order valence-corrected chi connectivity index (χ1v) is 9.05. The summed E-state index contributed by atoms with van der Waals surface area (Å²) >= 11 is 0. The van der Waals surface area contributed by atoms with Crippen LogP contribution in [0.1, 0.15) is 33.6 Å². The maximum Gasteiger partial charge on any atom is 0.306 e. The highest BCUT2D eigenvalue weighted by Gasteiger charge is 2.27. The molecule has 0 spiro atoms. The number of hydrogen-bond acceptors (Lipinski definition) is 4. The zero-order chi connectivity index (χ0) is 20.1. The largest absolute Gasteiger partial charge is 0.497 e. The summed E-state index contributed by atoms with van der Waals surface area (Å²) in [7, 11) is 1.54. The summed E-state index contributed by atoms with van der Waals surface area (Å²) in [6.07, 6.45) is 0.936. The lowest BCUT2D eigenvalue weighted by Gasteiger charge is -2.30. The van der Waals surface area contributed by atoms with E-state index in [-0.39, 0.29) is 17.7 Å². The van der Waals surface area contributed by atoms with Gasteiger partial charge in [0.15, 0.2) is 0 Å². The van der Waals surface area contributed by atoms with Gasteiger partial charge in [-0.3, -0.25) is 14.4 Å². The number of carboxylic acids is 1. The fourth-order valence-electron chi connectivity index (χ4n) is 3.18. The molecule has 7 nitrogen and oxygen atoms in total. The molecule has 2 aromatic rings. The lowest BCUT2D eigenvalue weighted by molar-refractivity contribution is -0.143. The van der Waals surface area contributed by atoms with Crippen LogP contribution in [0.15, 0.2) is 48.5 Å². The highest BCUT2D eigenvalue weighted by Crippen LogP contribution is 2.20. The third kappa shape index (κ3) is 4.49. The Kier molecular flexibility index (Phi) is 5.93. The van der Waals surface area contributed by atoms with Gasteiger partial charge in [-0.15, -0.1) is 0 Å². The van der Waals surface area contributed by atoms with E-state index in [0.717, 1.165) is 0 Å². The molecule has 146 valence electrons. The average Bonchev–Trinajstić information content (AvgIpc) is 2.74. The Bertz CT molecular complexity index is 871. The molecule has 0 atom stereocenters. The predicted molar refractivity (Wildman–Crippen MR) is 104 cm³/mol. The lowest BCUT2D eigenvalue weighted by atomic mass is 9.96. The van der Waals surface area contributed by atoms with Crippen LogP contribution in [0.5, 0.6) is 5.75 Å². The molecule has 0 saturated carbocycles. The Balaban J connectivity index is 1.61. The number of anilines is 1. The molecule has 1 heterocycles. The van der Waals surface area contributed by atoms with Crippen molar-refractivity contribution in [2.24, 2.45) is 5.92 Å². The van der Waals surface area contributed by atoms with Crippen molar-refractivity contribution >= 4 is 23.5 Å². The zero-order valence-electron chi connectivity index (χ0n) is 15.6. The number of amides is 2. The van der Waals surface area contributed by atoms with Crippen molar-refractivity contribution in [2.75, 3.05) is 25.5 Å². The number of benzene rings is 2. The van der Waals surface area contributed by atoms with Crippen LogP contribution in [0.3, 0.4) is 0 Å². The fraction of sp³-hybridized carbons (Fsp3) is 0.286. The number of ether oxygens (including phenoxy) is 1. The molecule has 28 heavy (non-hydrogen) atoms. The molecule has 1 saturated heterocycles. The number of likely N-dealkylation sites (tertiary alicyclic amines) is 1. The summed E-state index contributed by atoms with van der Waals surface area (Å²) in [5, 5.41) is 11.8. The molecule has 1 aliphatic heterocycles. The zero-order valence-corrected chi connectivity index (χ0v) is 15.6. The van der Waals surface area contributed by atoms with Gasteiger partial charge >= 0.3 is 5.97 Å². The number of carboxylic acid groups (broad SMARTS) is 1. The summed E-state index contributed by atoms with van der Waals surface area (Å²) in [5.41, 5.74) is 1.56. The first-order valence-electron chi connectivity index (χ1n) is 9.05. The standard InChI is InChI=1S/C21H22N2O5/c1-28-18-4-2-3-16(13-18)19(24)22-17-7-5-14(6-8-17)20(25)23-11-9-15(10-12-23)21(26)27/h2-8,13,15H,9-12H2,1H3,(H,22,24)(H,26,27). The number of hydrogen-bond donors (Lipinski definition) is 2. The van der Waals surface area contributed by atoms with E-state index < -0.39 is 5.97 Å². The third-order valence-electron chi connectivity index (χ3n) is 4.85. The second-order valence-corrected chi connectivity index (χ2v) is 6.67. The van der Waals surface area contributed by atoms with Crippen molar-refractivity contribution in [1.82, 2.24) is 4.90 Å². The SMILES string of the molecule is COc1cccc(C(=O)Nc2ccc(C(=O)N3CCC(C(=O)O)CC3)cc2)c1. The molecule has 0 unspecified atom stereocenters. The van der Waals surface area contributed by atoms with Crippen LogP contribution < -0.4 is 10.1 Å². The van der Waals surface area contributed by atoms with Crippen molar-refractivity contribution in [3.05, 3.63) is 59.7 Å². The van der Waals surface area contributed by atoms with Crippen LogP contribution in [0.4, 0.5) is 5.69 Å². The predicted octanol–water partition coefficient (Wildman–Crippen LogP) is 2.88. The summed E-state index contributed by atoms with van der Waals surface area (Å²) in [6.45, 7) is 0.869. The number of carbonyl (C=O) groups is 3. The molecule has 0 radical (unpaired) electrons. The van der Waals surface area contributed by atoms with Crippen molar-refractivity contribution < 1.29 is 24.2 Å². The van der Waals surface area contributed by atoms with Crippen molar-refractivity contribution in [1.29, 1.82) is 0 Å². The minimum atomic E-state index is -0.803. The molecule has 0 aromatic heterocycles. The topological polar surface area (TPSA) is 95.9 Å². The average molecular weight is 382 g/mol. The van der Waals surface area contributed by atoms with Gasteiger partial charge < -0.3 is 20.1 Å². The van der Waals surface area contributed by atoms with E-state index in [2.05, 4.69) is 5.32 Å². The molecule has 2 N–H and O–H groups in total. The van der Waals surface area contributed by atoms with Crippen LogP contribution in [-0.4, -0.2) is 48.0 Å². The Morgan fingerprint density at radius 2 is 1.71 bits per heavy atom. The second-order valence-electron chi connectivity index (χ2n) is 6.67. The van der Waals surface area contributed by atoms with Crippen LogP contribution in [-0.2, 0) is 4.79 Å². The molecule has 0 aliphatic carbocycles. The van der Waals surface area contributed by atoms with Gasteiger partial charge in [0.25, 0.3) is 11.8 Å². The molecule has 3 rings (SSSR count). The number of aliphatic carboxylic acids is 1. The van der Waals surface area contributed by atoms with E-state index in [1.165, 1.54) is 7.11 Å². The maximum absolute atomic E-state index is 12.6. The normalized spacial score (nSPS) is 14.4. The Labute approximate surface area is 162 Å². The minimum absolute atomic E-state index is 0.130. The van der Waals surface area contributed by atoms with Crippen LogP contribution in [0, 0.1) is 5.92 Å². The van der Waals surface area contributed by atoms with E-state index in [1.807, 2.05) is 0 Å². The summed E-state index contributed by atoms with van der Waals surface area (Å²) < 4.78 is 5.12. The Hall–Kier alpha value is -3.35. The molecular formula is C21H22N2O5. The van der Waals surface area contributed by atoms with Crippen molar-refractivity contribution in [3.63, 3.8) is 0 Å². The smallest absolute Gasteiger partial charge is 0.306 e.